The van der Waals surface area contributed by atoms with Crippen LogP contribution in [-0.4, -0.2) is 26.3 Å². The summed E-state index contributed by atoms with van der Waals surface area (Å²) in [5, 5.41) is 11.9. The number of benzene rings is 1. The Morgan fingerprint density at radius 3 is 2.82 bits per heavy atom. The third-order valence-corrected chi connectivity index (χ3v) is 2.54. The van der Waals surface area contributed by atoms with Crippen LogP contribution >= 0.6 is 0 Å². The Morgan fingerprint density at radius 1 is 1.47 bits per heavy atom. The molecule has 0 aliphatic rings. The lowest BCUT2D eigenvalue weighted by Crippen LogP contribution is -2.43. The van der Waals surface area contributed by atoms with Crippen molar-refractivity contribution in [2.24, 2.45) is 0 Å². The van der Waals surface area contributed by atoms with Gasteiger partial charge in [0.2, 0.25) is 0 Å². The standard InChI is InChI=1S/C13H18N2O2/c1-13(9-14,15-2)10-17-12-6-4-5-11(7-12)8-16-3/h4-7,15H,8,10H2,1-3H3. The summed E-state index contributed by atoms with van der Waals surface area (Å²) in [6, 6.07) is 9.84. The first-order chi connectivity index (χ1) is 8.13. The normalized spacial score (nSPS) is 13.8. The molecule has 4 heteroatoms. The number of nitrogens with one attached hydrogen (secondary N) is 1. The van der Waals surface area contributed by atoms with E-state index >= 15 is 0 Å². The van der Waals surface area contributed by atoms with Crippen molar-refractivity contribution >= 4 is 0 Å². The lowest BCUT2D eigenvalue weighted by atomic mass is 10.1. The van der Waals surface area contributed by atoms with Crippen molar-refractivity contribution < 1.29 is 9.47 Å². The Labute approximate surface area is 102 Å². The highest BCUT2D eigenvalue weighted by Gasteiger charge is 2.21. The molecule has 0 fully saturated rings. The van der Waals surface area contributed by atoms with Crippen molar-refractivity contribution in [2.45, 2.75) is 19.1 Å². The van der Waals surface area contributed by atoms with Crippen LogP contribution in [0, 0.1) is 11.3 Å². The molecule has 1 aromatic carbocycles. The summed E-state index contributed by atoms with van der Waals surface area (Å²) in [6.07, 6.45) is 0. The van der Waals surface area contributed by atoms with Gasteiger partial charge in [0.05, 0.1) is 12.7 Å². The zero-order chi connectivity index (χ0) is 12.7. The van der Waals surface area contributed by atoms with Crippen LogP contribution in [0.1, 0.15) is 12.5 Å². The van der Waals surface area contributed by atoms with E-state index in [2.05, 4.69) is 11.4 Å². The van der Waals surface area contributed by atoms with E-state index in [9.17, 15) is 0 Å². The molecule has 0 amide bonds. The first kappa shape index (κ1) is 13.5. The molecule has 1 rings (SSSR count). The maximum Gasteiger partial charge on any atom is 0.137 e. The molecule has 0 saturated carbocycles. The van der Waals surface area contributed by atoms with E-state index in [0.29, 0.717) is 13.2 Å². The molecule has 1 unspecified atom stereocenters. The molecule has 0 heterocycles. The van der Waals surface area contributed by atoms with Crippen molar-refractivity contribution in [3.63, 3.8) is 0 Å². The molecule has 1 atom stereocenters. The van der Waals surface area contributed by atoms with Gasteiger partial charge >= 0.3 is 0 Å². The summed E-state index contributed by atoms with van der Waals surface area (Å²) >= 11 is 0. The smallest absolute Gasteiger partial charge is 0.137 e. The summed E-state index contributed by atoms with van der Waals surface area (Å²) < 4.78 is 10.6. The van der Waals surface area contributed by atoms with Crippen LogP contribution in [0.4, 0.5) is 0 Å². The number of methoxy groups -OCH3 is 1. The van der Waals surface area contributed by atoms with Gasteiger partial charge in [0, 0.05) is 7.11 Å². The molecule has 92 valence electrons. The maximum absolute atomic E-state index is 8.99. The second kappa shape index (κ2) is 6.24. The van der Waals surface area contributed by atoms with Gasteiger partial charge in [-0.2, -0.15) is 5.26 Å². The highest BCUT2D eigenvalue weighted by atomic mass is 16.5. The SMILES string of the molecule is CNC(C)(C#N)COc1cccc(COC)c1. The molecule has 0 bridgehead atoms. The van der Waals surface area contributed by atoms with E-state index in [1.807, 2.05) is 24.3 Å². The zero-order valence-electron chi connectivity index (χ0n) is 10.5. The van der Waals surface area contributed by atoms with Crippen molar-refractivity contribution in [1.82, 2.24) is 5.32 Å². The van der Waals surface area contributed by atoms with Crippen molar-refractivity contribution in [2.75, 3.05) is 20.8 Å². The zero-order valence-corrected chi connectivity index (χ0v) is 10.5. The van der Waals surface area contributed by atoms with Gasteiger partial charge < -0.3 is 9.47 Å². The largest absolute Gasteiger partial charge is 0.491 e. The summed E-state index contributed by atoms with van der Waals surface area (Å²) in [7, 11) is 3.40. The molecule has 0 spiro atoms. The highest BCUT2D eigenvalue weighted by molar-refractivity contribution is 5.28. The first-order valence-electron chi connectivity index (χ1n) is 5.44. The number of ether oxygens (including phenoxy) is 2. The fraction of sp³-hybridized carbons (Fsp3) is 0.462. The predicted octanol–water partition coefficient (Wildman–Crippen LogP) is 1.71. The van der Waals surface area contributed by atoms with Crippen molar-refractivity contribution in [3.05, 3.63) is 29.8 Å². The van der Waals surface area contributed by atoms with Crippen LogP contribution < -0.4 is 10.1 Å². The molecule has 0 aliphatic heterocycles. The minimum absolute atomic E-state index is 0.302. The van der Waals surface area contributed by atoms with E-state index in [1.165, 1.54) is 0 Å². The van der Waals surface area contributed by atoms with Crippen molar-refractivity contribution in [1.29, 1.82) is 5.26 Å². The second-order valence-corrected chi connectivity index (χ2v) is 4.06. The van der Waals surface area contributed by atoms with Crippen molar-refractivity contribution in [3.8, 4) is 11.8 Å². The van der Waals surface area contributed by atoms with E-state index in [4.69, 9.17) is 14.7 Å². The maximum atomic E-state index is 8.99. The third-order valence-electron chi connectivity index (χ3n) is 2.54. The number of nitriles is 1. The molecule has 0 saturated heterocycles. The predicted molar refractivity (Wildman–Crippen MR) is 65.7 cm³/mol. The molecular weight excluding hydrogens is 216 g/mol. The topological polar surface area (TPSA) is 54.3 Å². The fourth-order valence-corrected chi connectivity index (χ4v) is 1.28. The Hall–Kier alpha value is -1.57. The van der Waals surface area contributed by atoms with Gasteiger partial charge in [0.15, 0.2) is 0 Å². The molecule has 0 radical (unpaired) electrons. The van der Waals surface area contributed by atoms with Gasteiger partial charge in [-0.25, -0.2) is 0 Å². The number of rotatable bonds is 6. The third kappa shape index (κ3) is 4.06. The van der Waals surface area contributed by atoms with Crippen LogP contribution in [-0.2, 0) is 11.3 Å². The number of likely N-dealkylation sites (N-methyl/N-ethyl adjacent to an activating group) is 1. The van der Waals surface area contributed by atoms with E-state index in [1.54, 1.807) is 21.1 Å². The molecule has 1 aromatic rings. The second-order valence-electron chi connectivity index (χ2n) is 4.06. The Bertz CT molecular complexity index is 401. The highest BCUT2D eigenvalue weighted by Crippen LogP contribution is 2.15. The summed E-state index contributed by atoms with van der Waals surface area (Å²) in [6.45, 7) is 2.65. The molecule has 0 aliphatic carbocycles. The van der Waals surface area contributed by atoms with E-state index in [0.717, 1.165) is 11.3 Å². The molecule has 4 nitrogen and oxygen atoms in total. The lowest BCUT2D eigenvalue weighted by molar-refractivity contribution is 0.184. The van der Waals surface area contributed by atoms with Gasteiger partial charge in [0.25, 0.3) is 0 Å². The molecule has 1 N–H and O–H groups in total. The van der Waals surface area contributed by atoms with Crippen LogP contribution in [0.25, 0.3) is 0 Å². The Balaban J connectivity index is 2.63. The summed E-state index contributed by atoms with van der Waals surface area (Å²) in [5.41, 5.74) is 0.380. The summed E-state index contributed by atoms with van der Waals surface area (Å²) in [4.78, 5) is 0. The number of hydrogen-bond donors (Lipinski definition) is 1. The average Bonchev–Trinajstić information content (AvgIpc) is 2.37. The fourth-order valence-electron chi connectivity index (χ4n) is 1.28. The summed E-state index contributed by atoms with van der Waals surface area (Å²) in [5.74, 6) is 0.747. The first-order valence-corrected chi connectivity index (χ1v) is 5.44. The quantitative estimate of drug-likeness (QED) is 0.814. The van der Waals surface area contributed by atoms with Crippen LogP contribution in [0.15, 0.2) is 24.3 Å². The van der Waals surface area contributed by atoms with Gasteiger partial charge in [-0.15, -0.1) is 0 Å². The van der Waals surface area contributed by atoms with Crippen LogP contribution in [0.3, 0.4) is 0 Å². The Kier molecular flexibility index (Phi) is 4.95. The number of nitrogens with zero attached hydrogens (tertiary/aromatic N) is 1. The van der Waals surface area contributed by atoms with Gasteiger partial charge in [-0.05, 0) is 31.7 Å². The molecule has 17 heavy (non-hydrogen) atoms. The minimum atomic E-state index is -0.669. The van der Waals surface area contributed by atoms with Crippen LogP contribution in [0.2, 0.25) is 0 Å². The van der Waals surface area contributed by atoms with E-state index < -0.39 is 5.54 Å². The van der Waals surface area contributed by atoms with E-state index in [-0.39, 0.29) is 0 Å². The molecular formula is C13H18N2O2. The van der Waals surface area contributed by atoms with Gasteiger partial charge in [0.1, 0.15) is 17.9 Å². The lowest BCUT2D eigenvalue weighted by Gasteiger charge is -2.21. The Morgan fingerprint density at radius 2 is 2.24 bits per heavy atom. The molecule has 0 aromatic heterocycles. The number of hydrogen-bond acceptors (Lipinski definition) is 4. The van der Waals surface area contributed by atoms with Gasteiger partial charge in [-0.3, -0.25) is 5.32 Å². The average molecular weight is 234 g/mol. The monoisotopic (exact) mass is 234 g/mol. The van der Waals surface area contributed by atoms with Gasteiger partial charge in [-0.1, -0.05) is 12.1 Å². The minimum Gasteiger partial charge on any atom is -0.491 e. The van der Waals surface area contributed by atoms with Crippen LogP contribution in [0.5, 0.6) is 5.75 Å².